The second-order valence-electron chi connectivity index (χ2n) is 5.24. The van der Waals surface area contributed by atoms with Gasteiger partial charge in [0.2, 0.25) is 5.91 Å². The van der Waals surface area contributed by atoms with E-state index in [9.17, 15) is 26.8 Å². The molecule has 0 aliphatic heterocycles. The number of aryl methyl sites for hydroxylation is 1. The maximum absolute atomic E-state index is 13.7. The van der Waals surface area contributed by atoms with Crippen molar-refractivity contribution < 1.29 is 31.0 Å². The van der Waals surface area contributed by atoms with Gasteiger partial charge in [-0.1, -0.05) is 23.7 Å². The minimum atomic E-state index is -3.54. The Bertz CT molecular complexity index is 940. The first-order valence-electron chi connectivity index (χ1n) is 7.33. The molecule has 2 amide bonds. The lowest BCUT2D eigenvalue weighted by molar-refractivity contribution is -0.115. The van der Waals surface area contributed by atoms with Crippen LogP contribution in [0.5, 0.6) is 0 Å². The number of carbonyl (C=O) groups is 2. The Morgan fingerprint density at radius 3 is 2.41 bits per heavy atom. The van der Waals surface area contributed by atoms with Crippen LogP contribution >= 0.6 is 11.6 Å². The van der Waals surface area contributed by atoms with Crippen molar-refractivity contribution in [3.63, 3.8) is 0 Å². The molecule has 2 aromatic rings. The van der Waals surface area contributed by atoms with Crippen LogP contribution in [0.15, 0.2) is 36.4 Å². The van der Waals surface area contributed by atoms with E-state index in [1.54, 1.807) is 6.92 Å². The summed E-state index contributed by atoms with van der Waals surface area (Å²) in [6.07, 6.45) is -1.37. The second-order valence-corrected chi connectivity index (χ2v) is 6.31. The maximum Gasteiger partial charge on any atom is 0.430 e. The van der Waals surface area contributed by atoms with E-state index >= 15 is 0 Å². The number of para-hydroxylation sites is 1. The van der Waals surface area contributed by atoms with Crippen molar-refractivity contribution in [2.75, 3.05) is 16.8 Å². The first-order valence-corrected chi connectivity index (χ1v) is 8.80. The zero-order chi connectivity index (χ0) is 20.1. The number of amides is 2. The average molecular weight is 419 g/mol. The van der Waals surface area contributed by atoms with E-state index in [4.69, 9.17) is 11.6 Å². The molecule has 1 N–H and O–H groups in total. The standard InChI is InChI=1S/C16H13ClF2N2O5S/c1-9-5-6-10(17)7-13(9)21(16(23)26-27(24)25)8-14(22)20-15-11(18)3-2-4-12(15)19/h2-7,27H,8H2,1H3,(H,20,22). The number of hydrogen-bond donors (Lipinski definition) is 2. The molecule has 0 unspecified atom stereocenters. The number of anilines is 2. The van der Waals surface area contributed by atoms with Crippen LogP contribution in [-0.4, -0.2) is 27.0 Å². The van der Waals surface area contributed by atoms with Gasteiger partial charge in [-0.3, -0.25) is 9.69 Å². The topological polar surface area (TPSA) is 92.8 Å². The fourth-order valence-corrected chi connectivity index (χ4v) is 2.57. The summed E-state index contributed by atoms with van der Waals surface area (Å²) in [5.41, 5.74) is -0.135. The van der Waals surface area contributed by atoms with Gasteiger partial charge < -0.3 is 9.50 Å². The summed E-state index contributed by atoms with van der Waals surface area (Å²) in [6, 6.07) is 7.36. The molecule has 0 aliphatic carbocycles. The summed E-state index contributed by atoms with van der Waals surface area (Å²) in [5, 5.41) is 2.21. The summed E-state index contributed by atoms with van der Waals surface area (Å²) in [7, 11) is -3.54. The lowest BCUT2D eigenvalue weighted by atomic mass is 10.2. The Morgan fingerprint density at radius 1 is 1.19 bits per heavy atom. The van der Waals surface area contributed by atoms with E-state index in [1.165, 1.54) is 18.2 Å². The van der Waals surface area contributed by atoms with E-state index in [0.29, 0.717) is 10.5 Å². The first-order chi connectivity index (χ1) is 12.7. The fourth-order valence-electron chi connectivity index (χ4n) is 2.17. The third-order valence-corrected chi connectivity index (χ3v) is 3.90. The molecule has 0 aliphatic rings. The van der Waals surface area contributed by atoms with Crippen molar-refractivity contribution in [3.05, 3.63) is 58.6 Å². The first kappa shape index (κ1) is 20.6. The lowest BCUT2D eigenvalue weighted by Crippen LogP contribution is -2.39. The summed E-state index contributed by atoms with van der Waals surface area (Å²) in [4.78, 5) is 25.0. The van der Waals surface area contributed by atoms with Gasteiger partial charge in [-0.25, -0.2) is 13.6 Å². The molecule has 0 atom stereocenters. The molecule has 0 bridgehead atoms. The number of nitrogens with zero attached hydrogens (tertiary/aromatic N) is 1. The largest absolute Gasteiger partial charge is 0.430 e. The number of carbonyl (C=O) groups excluding carboxylic acids is 2. The predicted molar refractivity (Wildman–Crippen MR) is 95.3 cm³/mol. The number of halogens is 3. The van der Waals surface area contributed by atoms with E-state index in [-0.39, 0.29) is 10.7 Å². The van der Waals surface area contributed by atoms with Crippen LogP contribution in [-0.2, 0) is 20.0 Å². The van der Waals surface area contributed by atoms with Gasteiger partial charge >= 0.3 is 17.1 Å². The Kier molecular flexibility index (Phi) is 6.70. The highest BCUT2D eigenvalue weighted by Gasteiger charge is 2.24. The SMILES string of the molecule is Cc1ccc(Cl)cc1N(CC(=O)Nc1c(F)cccc1F)C(=O)O[SH](=O)=O. The molecule has 144 valence electrons. The molecule has 0 aromatic heterocycles. The van der Waals surface area contributed by atoms with Gasteiger partial charge in [0.25, 0.3) is 0 Å². The van der Waals surface area contributed by atoms with Gasteiger partial charge in [0.1, 0.15) is 23.9 Å². The number of hydrogen-bond acceptors (Lipinski definition) is 5. The van der Waals surface area contributed by atoms with Crippen molar-refractivity contribution in [1.82, 2.24) is 0 Å². The van der Waals surface area contributed by atoms with Crippen LogP contribution in [0.4, 0.5) is 25.0 Å². The zero-order valence-electron chi connectivity index (χ0n) is 13.7. The van der Waals surface area contributed by atoms with Gasteiger partial charge in [-0.15, -0.1) is 0 Å². The van der Waals surface area contributed by atoms with Gasteiger partial charge in [0, 0.05) is 5.02 Å². The van der Waals surface area contributed by atoms with Gasteiger partial charge in [0.05, 0.1) is 5.69 Å². The highest BCUT2D eigenvalue weighted by Crippen LogP contribution is 2.25. The molecule has 11 heteroatoms. The molecular formula is C16H13ClF2N2O5S. The Labute approximate surface area is 159 Å². The minimum Gasteiger partial charge on any atom is -0.329 e. The number of thiol groups is 1. The minimum absolute atomic E-state index is 0.0912. The third-order valence-electron chi connectivity index (χ3n) is 3.36. The van der Waals surface area contributed by atoms with Crippen LogP contribution in [0.3, 0.4) is 0 Å². The van der Waals surface area contributed by atoms with Crippen LogP contribution in [0.25, 0.3) is 0 Å². The fraction of sp³-hybridized carbons (Fsp3) is 0.125. The molecule has 0 spiro atoms. The van der Waals surface area contributed by atoms with E-state index in [1.807, 2.05) is 5.32 Å². The van der Waals surface area contributed by atoms with Crippen molar-refractivity contribution in [2.24, 2.45) is 0 Å². The molecule has 0 heterocycles. The molecule has 0 fully saturated rings. The molecule has 2 aromatic carbocycles. The van der Waals surface area contributed by atoms with E-state index in [0.717, 1.165) is 18.2 Å². The second kappa shape index (κ2) is 8.78. The zero-order valence-corrected chi connectivity index (χ0v) is 15.4. The molecule has 0 saturated heterocycles. The van der Waals surface area contributed by atoms with Crippen molar-refractivity contribution in [3.8, 4) is 0 Å². The van der Waals surface area contributed by atoms with Crippen LogP contribution in [0, 0.1) is 18.6 Å². The number of rotatable bonds is 5. The molecule has 0 radical (unpaired) electrons. The molecule has 7 nitrogen and oxygen atoms in total. The van der Waals surface area contributed by atoms with Crippen LogP contribution in [0.2, 0.25) is 5.02 Å². The summed E-state index contributed by atoms with van der Waals surface area (Å²) in [5.74, 6) is -3.02. The summed E-state index contributed by atoms with van der Waals surface area (Å²) in [6.45, 7) is 0.800. The quantitative estimate of drug-likeness (QED) is 0.728. The molecular weight excluding hydrogens is 406 g/mol. The average Bonchev–Trinajstić information content (AvgIpc) is 2.58. The third kappa shape index (κ3) is 5.38. The Balaban J connectivity index is 2.32. The van der Waals surface area contributed by atoms with Crippen molar-refractivity contribution in [1.29, 1.82) is 0 Å². The van der Waals surface area contributed by atoms with Crippen LogP contribution in [0.1, 0.15) is 5.56 Å². The molecule has 2 rings (SSSR count). The van der Waals surface area contributed by atoms with E-state index in [2.05, 4.69) is 4.18 Å². The van der Waals surface area contributed by atoms with Gasteiger partial charge in [-0.05, 0) is 36.8 Å². The highest BCUT2D eigenvalue weighted by atomic mass is 35.5. The maximum atomic E-state index is 13.7. The summed E-state index contributed by atoms with van der Waals surface area (Å²) >= 11 is 5.88. The number of benzene rings is 2. The Morgan fingerprint density at radius 2 is 1.81 bits per heavy atom. The molecule has 27 heavy (non-hydrogen) atoms. The van der Waals surface area contributed by atoms with Gasteiger partial charge in [-0.2, -0.15) is 8.42 Å². The summed E-state index contributed by atoms with van der Waals surface area (Å²) < 4.78 is 52.9. The highest BCUT2D eigenvalue weighted by molar-refractivity contribution is 7.67. The smallest absolute Gasteiger partial charge is 0.329 e. The van der Waals surface area contributed by atoms with Crippen LogP contribution < -0.4 is 10.2 Å². The lowest BCUT2D eigenvalue weighted by Gasteiger charge is -2.22. The van der Waals surface area contributed by atoms with Crippen molar-refractivity contribution >= 4 is 46.0 Å². The number of nitrogens with one attached hydrogen (secondary N) is 1. The van der Waals surface area contributed by atoms with Gasteiger partial charge in [0.15, 0.2) is 0 Å². The predicted octanol–water partition coefficient (Wildman–Crippen LogP) is 3.03. The normalized spacial score (nSPS) is 10.6. The molecule has 0 saturated carbocycles. The Hall–Kier alpha value is -2.72. The monoisotopic (exact) mass is 418 g/mol. The van der Waals surface area contributed by atoms with Crippen molar-refractivity contribution in [2.45, 2.75) is 6.92 Å². The van der Waals surface area contributed by atoms with E-state index < -0.39 is 46.9 Å².